The fourth-order valence-electron chi connectivity index (χ4n) is 3.40. The molecular formula is C16H25N. The van der Waals surface area contributed by atoms with Crippen molar-refractivity contribution in [2.45, 2.75) is 52.0 Å². The van der Waals surface area contributed by atoms with Gasteiger partial charge in [-0.25, -0.2) is 0 Å². The monoisotopic (exact) mass is 231 g/mol. The topological polar surface area (TPSA) is 12.0 Å². The van der Waals surface area contributed by atoms with Crippen molar-refractivity contribution in [3.8, 4) is 0 Å². The maximum absolute atomic E-state index is 3.62. The molecule has 0 bridgehead atoms. The highest BCUT2D eigenvalue weighted by atomic mass is 14.9. The highest BCUT2D eigenvalue weighted by molar-refractivity contribution is 5.30. The summed E-state index contributed by atoms with van der Waals surface area (Å²) in [5.74, 6) is 0. The average Bonchev–Trinajstić information content (AvgIpc) is 2.24. The highest BCUT2D eigenvalue weighted by Crippen LogP contribution is 2.54. The highest BCUT2D eigenvalue weighted by Gasteiger charge is 2.49. The van der Waals surface area contributed by atoms with E-state index in [1.54, 1.807) is 0 Å². The van der Waals surface area contributed by atoms with Gasteiger partial charge in [-0.05, 0) is 23.8 Å². The molecule has 0 aliphatic heterocycles. The Hall–Kier alpha value is -0.820. The van der Waals surface area contributed by atoms with E-state index in [4.69, 9.17) is 0 Å². The van der Waals surface area contributed by atoms with Crippen molar-refractivity contribution in [3.05, 3.63) is 35.9 Å². The Kier molecular flexibility index (Phi) is 3.31. The molecule has 0 atom stereocenters. The number of rotatable bonds is 4. The van der Waals surface area contributed by atoms with Crippen molar-refractivity contribution in [3.63, 3.8) is 0 Å². The van der Waals surface area contributed by atoms with Crippen molar-refractivity contribution in [2.75, 3.05) is 6.54 Å². The van der Waals surface area contributed by atoms with E-state index in [0.717, 1.165) is 6.54 Å². The van der Waals surface area contributed by atoms with Crippen LogP contribution in [0.5, 0.6) is 0 Å². The summed E-state index contributed by atoms with van der Waals surface area (Å²) in [7, 11) is 0. The molecule has 2 rings (SSSR count). The Bertz CT molecular complexity index is 356. The molecule has 0 spiro atoms. The number of hydrogen-bond acceptors (Lipinski definition) is 1. The van der Waals surface area contributed by atoms with E-state index >= 15 is 0 Å². The Labute approximate surface area is 106 Å². The summed E-state index contributed by atoms with van der Waals surface area (Å²) in [6.07, 6.45) is 2.59. The molecule has 1 heteroatoms. The van der Waals surface area contributed by atoms with Gasteiger partial charge in [-0.15, -0.1) is 0 Å². The minimum absolute atomic E-state index is 0.370. The molecule has 1 aromatic carbocycles. The molecule has 0 aromatic heterocycles. The maximum Gasteiger partial charge on any atom is 0.00880 e. The summed E-state index contributed by atoms with van der Waals surface area (Å²) in [4.78, 5) is 0. The van der Waals surface area contributed by atoms with Crippen LogP contribution in [0.3, 0.4) is 0 Å². The molecule has 0 radical (unpaired) electrons. The van der Waals surface area contributed by atoms with Gasteiger partial charge in [0.15, 0.2) is 0 Å². The molecule has 1 nitrogen and oxygen atoms in total. The third-order valence-corrected chi connectivity index (χ3v) is 3.87. The van der Waals surface area contributed by atoms with Gasteiger partial charge in [-0.3, -0.25) is 0 Å². The summed E-state index contributed by atoms with van der Waals surface area (Å²) in [6.45, 7) is 10.3. The zero-order chi connectivity index (χ0) is 12.5. The van der Waals surface area contributed by atoms with Crippen LogP contribution in [-0.2, 0) is 5.41 Å². The van der Waals surface area contributed by atoms with Gasteiger partial charge in [0, 0.05) is 18.0 Å². The Balaban J connectivity index is 2.15. The first kappa shape index (κ1) is 12.6. The normalized spacial score (nSPS) is 21.2. The van der Waals surface area contributed by atoms with Crippen LogP contribution in [0.1, 0.15) is 46.1 Å². The predicted molar refractivity (Wildman–Crippen MR) is 74.3 cm³/mol. The fraction of sp³-hybridized carbons (Fsp3) is 0.625. The smallest absolute Gasteiger partial charge is 0.00880 e. The third-order valence-electron chi connectivity index (χ3n) is 3.87. The first-order valence-electron chi connectivity index (χ1n) is 6.73. The molecule has 94 valence electrons. The summed E-state index contributed by atoms with van der Waals surface area (Å²) in [5, 5.41) is 3.62. The van der Waals surface area contributed by atoms with Crippen LogP contribution in [0.15, 0.2) is 30.3 Å². The van der Waals surface area contributed by atoms with Crippen molar-refractivity contribution < 1.29 is 0 Å². The van der Waals surface area contributed by atoms with E-state index in [1.807, 2.05) is 0 Å². The second kappa shape index (κ2) is 4.45. The minimum atomic E-state index is 0.370. The predicted octanol–water partition coefficient (Wildman–Crippen LogP) is 3.74. The Morgan fingerprint density at radius 2 is 1.71 bits per heavy atom. The molecule has 1 saturated carbocycles. The van der Waals surface area contributed by atoms with Gasteiger partial charge in [-0.1, -0.05) is 58.0 Å². The first-order chi connectivity index (χ1) is 7.94. The number of hydrogen-bond donors (Lipinski definition) is 1. The van der Waals surface area contributed by atoms with Gasteiger partial charge in [0.25, 0.3) is 0 Å². The second-order valence-electron chi connectivity index (χ2n) is 6.70. The van der Waals surface area contributed by atoms with Gasteiger partial charge in [-0.2, -0.15) is 0 Å². The summed E-state index contributed by atoms with van der Waals surface area (Å²) in [6, 6.07) is 11.6. The van der Waals surface area contributed by atoms with E-state index in [2.05, 4.69) is 63.3 Å². The summed E-state index contributed by atoms with van der Waals surface area (Å²) >= 11 is 0. The summed E-state index contributed by atoms with van der Waals surface area (Å²) in [5.41, 5.74) is 2.39. The molecule has 17 heavy (non-hydrogen) atoms. The van der Waals surface area contributed by atoms with Crippen molar-refractivity contribution in [2.24, 2.45) is 5.41 Å². The molecule has 1 N–H and O–H groups in total. The van der Waals surface area contributed by atoms with E-state index < -0.39 is 0 Å². The van der Waals surface area contributed by atoms with Crippen LogP contribution in [0.2, 0.25) is 0 Å². The molecule has 1 aliphatic carbocycles. The lowest BCUT2D eigenvalue weighted by molar-refractivity contribution is 0.0548. The van der Waals surface area contributed by atoms with Crippen LogP contribution in [0.25, 0.3) is 0 Å². The fourth-order valence-corrected chi connectivity index (χ4v) is 3.40. The molecular weight excluding hydrogens is 206 g/mol. The zero-order valence-corrected chi connectivity index (χ0v) is 11.6. The van der Waals surface area contributed by atoms with E-state index in [1.165, 1.54) is 18.4 Å². The second-order valence-corrected chi connectivity index (χ2v) is 6.70. The van der Waals surface area contributed by atoms with Crippen molar-refractivity contribution >= 4 is 0 Å². The van der Waals surface area contributed by atoms with Crippen molar-refractivity contribution in [1.82, 2.24) is 5.32 Å². The Morgan fingerprint density at radius 3 is 2.18 bits per heavy atom. The quantitative estimate of drug-likeness (QED) is 0.832. The van der Waals surface area contributed by atoms with Gasteiger partial charge in [0.2, 0.25) is 0 Å². The molecule has 1 aliphatic rings. The van der Waals surface area contributed by atoms with E-state index in [-0.39, 0.29) is 0 Å². The van der Waals surface area contributed by atoms with E-state index in [9.17, 15) is 0 Å². The van der Waals surface area contributed by atoms with Gasteiger partial charge < -0.3 is 5.32 Å². The van der Waals surface area contributed by atoms with Crippen molar-refractivity contribution in [1.29, 1.82) is 0 Å². The average molecular weight is 231 g/mol. The van der Waals surface area contributed by atoms with Crippen LogP contribution >= 0.6 is 0 Å². The maximum atomic E-state index is 3.62. The molecule has 0 amide bonds. The lowest BCUT2D eigenvalue weighted by atomic mass is 9.52. The van der Waals surface area contributed by atoms with Gasteiger partial charge >= 0.3 is 0 Å². The number of nitrogens with one attached hydrogen (secondary N) is 1. The Morgan fingerprint density at radius 1 is 1.12 bits per heavy atom. The zero-order valence-electron chi connectivity index (χ0n) is 11.6. The van der Waals surface area contributed by atoms with Crippen LogP contribution < -0.4 is 5.32 Å². The SMILES string of the molecule is CC(C)NCC1(c2ccccc2)CC(C)(C)C1. The van der Waals surface area contributed by atoms with Gasteiger partial charge in [0.1, 0.15) is 0 Å². The third kappa shape index (κ3) is 2.71. The summed E-state index contributed by atoms with van der Waals surface area (Å²) < 4.78 is 0. The molecule has 0 heterocycles. The van der Waals surface area contributed by atoms with Crippen LogP contribution in [0, 0.1) is 5.41 Å². The van der Waals surface area contributed by atoms with E-state index in [0.29, 0.717) is 16.9 Å². The number of benzene rings is 1. The van der Waals surface area contributed by atoms with Crippen LogP contribution in [-0.4, -0.2) is 12.6 Å². The molecule has 1 fully saturated rings. The minimum Gasteiger partial charge on any atom is -0.314 e. The lowest BCUT2D eigenvalue weighted by Gasteiger charge is -2.54. The molecule has 0 unspecified atom stereocenters. The van der Waals surface area contributed by atoms with Crippen LogP contribution in [0.4, 0.5) is 0 Å². The molecule has 1 aromatic rings. The van der Waals surface area contributed by atoms with Gasteiger partial charge in [0.05, 0.1) is 0 Å². The molecule has 0 saturated heterocycles. The first-order valence-corrected chi connectivity index (χ1v) is 6.73. The lowest BCUT2D eigenvalue weighted by Crippen LogP contribution is -2.53. The standard InChI is InChI=1S/C16H25N/c1-13(2)17-12-16(10-15(3,4)11-16)14-8-6-5-7-9-14/h5-9,13,17H,10-12H2,1-4H3. The largest absolute Gasteiger partial charge is 0.314 e.